The molecule has 2 aromatic carbocycles. The monoisotopic (exact) mass is 536 g/mol. The summed E-state index contributed by atoms with van der Waals surface area (Å²) in [6.45, 7) is 1.99. The second-order valence-corrected chi connectivity index (χ2v) is 12.0. The molecule has 0 bridgehead atoms. The van der Waals surface area contributed by atoms with Crippen LogP contribution in [-0.4, -0.2) is 47.6 Å². The van der Waals surface area contributed by atoms with E-state index in [1.807, 2.05) is 6.92 Å². The number of Topliss-reactive ketones (excluding diaryl/α,β-unsaturated/α-hetero) is 1. The van der Waals surface area contributed by atoms with E-state index in [2.05, 4.69) is 19.9 Å². The second kappa shape index (κ2) is 9.50. The van der Waals surface area contributed by atoms with E-state index < -0.39 is 32.1 Å². The van der Waals surface area contributed by atoms with Crippen LogP contribution in [0, 0.1) is 0 Å². The number of hydrogen-bond donors (Lipinski definition) is 6. The number of nitrogens with one attached hydrogen (secondary N) is 3. The number of amidine groups is 1. The molecule has 0 saturated carbocycles. The highest BCUT2D eigenvalue weighted by Gasteiger charge is 2.49. The van der Waals surface area contributed by atoms with Gasteiger partial charge in [-0.25, -0.2) is 8.42 Å². The smallest absolute Gasteiger partial charge is 0.229 e. The van der Waals surface area contributed by atoms with Crippen molar-refractivity contribution in [2.75, 3.05) is 23.4 Å². The number of rotatable bonds is 8. The average Bonchev–Trinajstić information content (AvgIpc) is 2.80. The van der Waals surface area contributed by atoms with Gasteiger partial charge >= 0.3 is 0 Å². The third-order valence-electron chi connectivity index (χ3n) is 5.96. The van der Waals surface area contributed by atoms with Crippen molar-refractivity contribution >= 4 is 49.6 Å². The number of aliphatic hydroxyl groups excluding tert-OH is 1. The van der Waals surface area contributed by atoms with Crippen molar-refractivity contribution in [2.24, 2.45) is 4.40 Å². The molecule has 1 atom stereocenters. The SMILES string of the molecule is CCCCC1(NOC)C(=O)C(C2=NS(O)(O)c3cc(NS(C)(=O)=O)ccc3N2)=C(O)c2ccccc21. The van der Waals surface area contributed by atoms with Gasteiger partial charge in [-0.3, -0.25) is 18.6 Å². The zero-order valence-electron chi connectivity index (χ0n) is 19.9. The summed E-state index contributed by atoms with van der Waals surface area (Å²) in [6, 6.07) is 11.0. The average molecular weight is 537 g/mol. The van der Waals surface area contributed by atoms with E-state index in [0.717, 1.165) is 12.7 Å². The summed E-state index contributed by atoms with van der Waals surface area (Å²) in [7, 11) is -6.07. The number of fused-ring (bicyclic) bond motifs is 2. The largest absolute Gasteiger partial charge is 0.506 e. The number of nitrogens with zero attached hydrogens (tertiary/aromatic N) is 1. The van der Waals surface area contributed by atoms with Gasteiger partial charge in [-0.05, 0) is 30.2 Å². The number of sulfonamides is 1. The van der Waals surface area contributed by atoms with Gasteiger partial charge in [0.25, 0.3) is 0 Å². The van der Waals surface area contributed by atoms with Gasteiger partial charge in [0.2, 0.25) is 10.0 Å². The van der Waals surface area contributed by atoms with Gasteiger partial charge in [0.1, 0.15) is 21.8 Å². The van der Waals surface area contributed by atoms with Crippen LogP contribution in [0.15, 0.2) is 57.3 Å². The summed E-state index contributed by atoms with van der Waals surface area (Å²) in [4.78, 5) is 19.2. The first-order valence-corrected chi connectivity index (χ1v) is 14.5. The van der Waals surface area contributed by atoms with Crippen LogP contribution in [0.25, 0.3) is 5.76 Å². The summed E-state index contributed by atoms with van der Waals surface area (Å²) < 4.78 is 51.2. The molecule has 2 aliphatic rings. The van der Waals surface area contributed by atoms with Crippen molar-refractivity contribution in [3.8, 4) is 0 Å². The first kappa shape index (κ1) is 26.1. The van der Waals surface area contributed by atoms with Crippen molar-refractivity contribution in [2.45, 2.75) is 36.6 Å². The summed E-state index contributed by atoms with van der Waals surface area (Å²) in [6.07, 6.45) is 2.79. The Hall–Kier alpha value is -2.94. The zero-order chi connectivity index (χ0) is 26.3. The number of benzene rings is 2. The van der Waals surface area contributed by atoms with Crippen LogP contribution >= 0.6 is 10.8 Å². The van der Waals surface area contributed by atoms with Crippen LogP contribution in [0.5, 0.6) is 0 Å². The Labute approximate surface area is 210 Å². The van der Waals surface area contributed by atoms with E-state index in [1.165, 1.54) is 25.3 Å². The van der Waals surface area contributed by atoms with E-state index in [0.29, 0.717) is 24.0 Å². The molecule has 1 heterocycles. The Morgan fingerprint density at radius 3 is 2.58 bits per heavy atom. The van der Waals surface area contributed by atoms with Crippen LogP contribution in [0.1, 0.15) is 37.3 Å². The minimum absolute atomic E-state index is 0.0593. The molecule has 194 valence electrons. The molecule has 0 spiro atoms. The van der Waals surface area contributed by atoms with Crippen molar-refractivity contribution in [1.82, 2.24) is 5.48 Å². The van der Waals surface area contributed by atoms with Gasteiger partial charge in [-0.1, -0.05) is 54.8 Å². The first-order chi connectivity index (χ1) is 16.9. The van der Waals surface area contributed by atoms with Crippen LogP contribution in [0.3, 0.4) is 0 Å². The lowest BCUT2D eigenvalue weighted by Gasteiger charge is -2.40. The normalized spacial score (nSPS) is 21.7. The standard InChI is InChI=1S/C23H28N4O7S2/c1-4-5-12-23(27-34-2)16-9-7-6-8-15(16)20(28)19(21(23)29)22-24-17-11-10-14(25-35(3,30)31)13-18(17)36(32,33)26-22/h6-11,13,25,27-28,32-33H,4-5,12H2,1-3H3,(H,24,26). The van der Waals surface area contributed by atoms with E-state index in [1.54, 1.807) is 24.3 Å². The van der Waals surface area contributed by atoms with Crippen LogP contribution < -0.4 is 15.5 Å². The quantitative estimate of drug-likeness (QED) is 0.273. The number of carbonyl (C=O) groups is 1. The maximum Gasteiger partial charge on any atom is 0.229 e. The predicted molar refractivity (Wildman–Crippen MR) is 139 cm³/mol. The van der Waals surface area contributed by atoms with Gasteiger partial charge in [0.15, 0.2) is 11.6 Å². The molecule has 0 aromatic heterocycles. The number of unbranched alkanes of at least 4 members (excludes halogenated alkanes) is 1. The Kier molecular flexibility index (Phi) is 6.90. The molecule has 13 heteroatoms. The zero-order valence-corrected chi connectivity index (χ0v) is 21.5. The maximum absolute atomic E-state index is 14.0. The number of anilines is 2. The summed E-state index contributed by atoms with van der Waals surface area (Å²) in [5.41, 5.74) is 2.49. The number of hydroxylamine groups is 1. The highest BCUT2D eigenvalue weighted by Crippen LogP contribution is 2.57. The van der Waals surface area contributed by atoms with E-state index >= 15 is 0 Å². The number of carbonyl (C=O) groups excluding carboxylic acids is 1. The predicted octanol–water partition coefficient (Wildman–Crippen LogP) is 4.00. The molecule has 0 radical (unpaired) electrons. The first-order valence-electron chi connectivity index (χ1n) is 11.1. The Morgan fingerprint density at radius 2 is 1.92 bits per heavy atom. The minimum atomic E-state index is -3.87. The lowest BCUT2D eigenvalue weighted by molar-refractivity contribution is -0.129. The molecule has 1 unspecified atom stereocenters. The maximum atomic E-state index is 14.0. The Bertz CT molecular complexity index is 1390. The molecule has 1 aliphatic carbocycles. The molecule has 6 N–H and O–H groups in total. The second-order valence-electron chi connectivity index (χ2n) is 8.58. The number of ketones is 1. The number of aliphatic hydroxyl groups is 1. The molecule has 0 fully saturated rings. The fourth-order valence-electron chi connectivity index (χ4n) is 4.44. The van der Waals surface area contributed by atoms with E-state index in [4.69, 9.17) is 4.84 Å². The molecule has 36 heavy (non-hydrogen) atoms. The topological polar surface area (TPSA) is 170 Å². The fourth-order valence-corrected chi connectivity index (χ4v) is 6.19. The molecule has 0 amide bonds. The molecule has 11 nitrogen and oxygen atoms in total. The van der Waals surface area contributed by atoms with Crippen LogP contribution in [0.2, 0.25) is 0 Å². The fraction of sp³-hybridized carbons (Fsp3) is 0.304. The van der Waals surface area contributed by atoms with Gasteiger partial charge in [0, 0.05) is 5.56 Å². The Morgan fingerprint density at radius 1 is 1.19 bits per heavy atom. The summed E-state index contributed by atoms with van der Waals surface area (Å²) in [5.74, 6) is -1.13. The van der Waals surface area contributed by atoms with Crippen molar-refractivity contribution < 1.29 is 32.3 Å². The van der Waals surface area contributed by atoms with Gasteiger partial charge in [0.05, 0.1) is 24.7 Å². The van der Waals surface area contributed by atoms with Gasteiger partial charge in [-0.2, -0.15) is 5.48 Å². The molecular weight excluding hydrogens is 508 g/mol. The highest BCUT2D eigenvalue weighted by atomic mass is 32.3. The van der Waals surface area contributed by atoms with Crippen LogP contribution in [-0.2, 0) is 25.2 Å². The van der Waals surface area contributed by atoms with E-state index in [9.17, 15) is 27.4 Å². The lowest BCUT2D eigenvalue weighted by atomic mass is 9.72. The molecular formula is C23H28N4O7S2. The summed E-state index contributed by atoms with van der Waals surface area (Å²) >= 11 is 0. The molecule has 1 aliphatic heterocycles. The number of hydrogen-bond acceptors (Lipinski definition) is 10. The highest BCUT2D eigenvalue weighted by molar-refractivity contribution is 8.23. The molecule has 4 rings (SSSR count). The van der Waals surface area contributed by atoms with Gasteiger partial charge in [-0.15, -0.1) is 4.40 Å². The van der Waals surface area contributed by atoms with Crippen molar-refractivity contribution in [1.29, 1.82) is 0 Å². The van der Waals surface area contributed by atoms with E-state index in [-0.39, 0.29) is 33.4 Å². The third-order valence-corrected chi connectivity index (χ3v) is 7.93. The van der Waals surface area contributed by atoms with Crippen molar-refractivity contribution in [3.05, 3.63) is 59.2 Å². The minimum Gasteiger partial charge on any atom is -0.506 e. The molecule has 0 saturated heterocycles. The van der Waals surface area contributed by atoms with Crippen molar-refractivity contribution in [3.63, 3.8) is 0 Å². The lowest BCUT2D eigenvalue weighted by Crippen LogP contribution is -2.53. The Balaban J connectivity index is 1.86. The molecule has 2 aromatic rings. The summed E-state index contributed by atoms with van der Waals surface area (Å²) in [5, 5.41) is 14.1. The van der Waals surface area contributed by atoms with Gasteiger partial charge < -0.3 is 15.3 Å². The third kappa shape index (κ3) is 4.61. The van der Waals surface area contributed by atoms with Crippen LogP contribution in [0.4, 0.5) is 11.4 Å².